The summed E-state index contributed by atoms with van der Waals surface area (Å²) in [4.78, 5) is 12.6. The predicted molar refractivity (Wildman–Crippen MR) is 101 cm³/mol. The van der Waals surface area contributed by atoms with Gasteiger partial charge in [-0.15, -0.1) is 0 Å². The molecule has 1 saturated heterocycles. The number of ether oxygens (including phenoxy) is 1. The minimum atomic E-state index is -0.258. The molecule has 2 aromatic carbocycles. The average molecular weight is 376 g/mol. The van der Waals surface area contributed by atoms with E-state index in [0.29, 0.717) is 29.2 Å². The Labute approximate surface area is 158 Å². The minimum absolute atomic E-state index is 0.0383. The summed E-state index contributed by atoms with van der Waals surface area (Å²) in [7, 11) is 1.53. The molecule has 0 spiro atoms. The molecule has 1 unspecified atom stereocenters. The number of carbonyl (C=O) groups excluding carboxylic acids is 1. The highest BCUT2D eigenvalue weighted by atomic mass is 35.5. The van der Waals surface area contributed by atoms with Crippen molar-refractivity contribution >= 4 is 17.4 Å². The van der Waals surface area contributed by atoms with E-state index < -0.39 is 0 Å². The highest BCUT2D eigenvalue weighted by Gasteiger charge is 2.30. The van der Waals surface area contributed by atoms with E-state index in [4.69, 9.17) is 16.3 Å². The normalized spacial score (nSPS) is 20.0. The van der Waals surface area contributed by atoms with E-state index in [9.17, 15) is 9.18 Å². The van der Waals surface area contributed by atoms with Crippen molar-refractivity contribution in [2.75, 3.05) is 20.2 Å². The Morgan fingerprint density at radius 1 is 1.27 bits per heavy atom. The predicted octanol–water partition coefficient (Wildman–Crippen LogP) is 4.38. The van der Waals surface area contributed by atoms with E-state index in [2.05, 4.69) is 5.32 Å². The van der Waals surface area contributed by atoms with Gasteiger partial charge in [-0.25, -0.2) is 4.39 Å². The fraction of sp³-hybridized carbons (Fsp3) is 0.381. The number of methoxy groups -OCH3 is 1. The van der Waals surface area contributed by atoms with Crippen LogP contribution in [0, 0.1) is 11.7 Å². The summed E-state index contributed by atoms with van der Waals surface area (Å²) >= 11 is 5.89. The summed E-state index contributed by atoms with van der Waals surface area (Å²) in [5.41, 5.74) is 1.63. The molecule has 26 heavy (non-hydrogen) atoms. The summed E-state index contributed by atoms with van der Waals surface area (Å²) in [6.07, 6.45) is 1.64. The maximum atomic E-state index is 14.5. The molecule has 1 heterocycles. The van der Waals surface area contributed by atoms with Crippen molar-refractivity contribution in [2.45, 2.75) is 25.2 Å². The van der Waals surface area contributed by atoms with E-state index in [-0.39, 0.29) is 23.4 Å². The molecule has 3 nitrogen and oxygen atoms in total. The van der Waals surface area contributed by atoms with Crippen LogP contribution in [-0.2, 0) is 11.2 Å². The maximum Gasteiger partial charge on any atom is 0.137 e. The number of rotatable bonds is 6. The van der Waals surface area contributed by atoms with Gasteiger partial charge in [0.25, 0.3) is 0 Å². The van der Waals surface area contributed by atoms with Gasteiger partial charge < -0.3 is 10.1 Å². The molecule has 2 aromatic rings. The number of Topliss-reactive ketones (excluding diaryl/α,β-unsaturated/α-hetero) is 1. The molecule has 1 N–H and O–H groups in total. The second-order valence-electron chi connectivity index (χ2n) is 6.79. The molecular formula is C21H23ClFNO2. The second kappa shape index (κ2) is 8.65. The lowest BCUT2D eigenvalue weighted by Gasteiger charge is -2.32. The van der Waals surface area contributed by atoms with E-state index in [1.807, 2.05) is 12.1 Å². The number of halogens is 2. The molecule has 0 bridgehead atoms. The average Bonchev–Trinajstić information content (AvgIpc) is 2.64. The van der Waals surface area contributed by atoms with E-state index in [1.165, 1.54) is 13.2 Å². The molecule has 3 rings (SSSR count). The fourth-order valence-corrected chi connectivity index (χ4v) is 3.80. The molecule has 1 aliphatic heterocycles. The van der Waals surface area contributed by atoms with E-state index in [1.54, 1.807) is 24.3 Å². The molecule has 0 aromatic heterocycles. The van der Waals surface area contributed by atoms with Gasteiger partial charge in [0.2, 0.25) is 0 Å². The van der Waals surface area contributed by atoms with Crippen LogP contribution < -0.4 is 10.1 Å². The van der Waals surface area contributed by atoms with Crippen LogP contribution in [0.5, 0.6) is 5.75 Å². The first-order valence-electron chi connectivity index (χ1n) is 8.87. The molecule has 1 fully saturated rings. The highest BCUT2D eigenvalue weighted by Crippen LogP contribution is 2.35. The maximum absolute atomic E-state index is 14.5. The summed E-state index contributed by atoms with van der Waals surface area (Å²) in [5.74, 6) is 0.546. The third-order valence-corrected chi connectivity index (χ3v) is 5.27. The van der Waals surface area contributed by atoms with Crippen molar-refractivity contribution in [3.8, 4) is 5.75 Å². The van der Waals surface area contributed by atoms with Gasteiger partial charge >= 0.3 is 0 Å². The van der Waals surface area contributed by atoms with Crippen LogP contribution in [0.25, 0.3) is 0 Å². The van der Waals surface area contributed by atoms with Crippen molar-refractivity contribution in [1.29, 1.82) is 0 Å². The van der Waals surface area contributed by atoms with Crippen LogP contribution in [0.4, 0.5) is 4.39 Å². The zero-order valence-corrected chi connectivity index (χ0v) is 15.6. The van der Waals surface area contributed by atoms with Crippen molar-refractivity contribution in [3.05, 3.63) is 64.4 Å². The second-order valence-corrected chi connectivity index (χ2v) is 7.23. The number of ketones is 1. The summed E-state index contributed by atoms with van der Waals surface area (Å²) in [5, 5.41) is 4.00. The third-order valence-electron chi connectivity index (χ3n) is 5.02. The lowest BCUT2D eigenvalue weighted by Crippen LogP contribution is -2.37. The molecule has 1 aliphatic rings. The Hall–Kier alpha value is -1.91. The number of hydrogen-bond donors (Lipinski definition) is 1. The van der Waals surface area contributed by atoms with Crippen molar-refractivity contribution in [2.24, 2.45) is 5.92 Å². The lowest BCUT2D eigenvalue weighted by atomic mass is 9.78. The molecule has 0 amide bonds. The van der Waals surface area contributed by atoms with Crippen molar-refractivity contribution in [3.63, 3.8) is 0 Å². The zero-order valence-electron chi connectivity index (χ0n) is 14.8. The monoisotopic (exact) mass is 375 g/mol. The quantitative estimate of drug-likeness (QED) is 0.814. The Bertz CT molecular complexity index is 763. The standard InChI is InChI=1S/C21H23ClFNO2/c1-26-18-6-7-20(21(23)12-18)19-8-9-24-13-15(19)11-17(25)10-14-2-4-16(22)5-3-14/h2-7,12,15,19,24H,8-11,13H2,1H3/t15-,19?/m1/s1. The van der Waals surface area contributed by atoms with Crippen LogP contribution in [0.15, 0.2) is 42.5 Å². The van der Waals surface area contributed by atoms with Crippen LogP contribution >= 0.6 is 11.6 Å². The van der Waals surface area contributed by atoms with Gasteiger partial charge in [0.15, 0.2) is 0 Å². The number of nitrogens with one attached hydrogen (secondary N) is 1. The van der Waals surface area contributed by atoms with Crippen LogP contribution in [0.3, 0.4) is 0 Å². The first-order chi connectivity index (χ1) is 12.6. The van der Waals surface area contributed by atoms with Crippen LogP contribution in [0.2, 0.25) is 5.02 Å². The summed E-state index contributed by atoms with van der Waals surface area (Å²) in [6.45, 7) is 1.56. The molecule has 0 saturated carbocycles. The number of carbonyl (C=O) groups is 1. The lowest BCUT2D eigenvalue weighted by molar-refractivity contribution is -0.119. The van der Waals surface area contributed by atoms with Crippen LogP contribution in [-0.4, -0.2) is 26.0 Å². The molecule has 0 aliphatic carbocycles. The summed E-state index contributed by atoms with van der Waals surface area (Å²) < 4.78 is 19.6. The Balaban J connectivity index is 1.70. The smallest absolute Gasteiger partial charge is 0.137 e. The summed E-state index contributed by atoms with van der Waals surface area (Å²) in [6, 6.07) is 12.3. The minimum Gasteiger partial charge on any atom is -0.497 e. The van der Waals surface area contributed by atoms with Gasteiger partial charge in [0.1, 0.15) is 17.3 Å². The first kappa shape index (κ1) is 18.9. The van der Waals surface area contributed by atoms with Gasteiger partial charge in [-0.2, -0.15) is 0 Å². The van der Waals surface area contributed by atoms with Gasteiger partial charge in [0.05, 0.1) is 7.11 Å². The van der Waals surface area contributed by atoms with Gasteiger partial charge in [0, 0.05) is 23.9 Å². The topological polar surface area (TPSA) is 38.3 Å². The molecular weight excluding hydrogens is 353 g/mol. The SMILES string of the molecule is COc1ccc(C2CCNC[C@H]2CC(=O)Cc2ccc(Cl)cc2)c(F)c1. The largest absolute Gasteiger partial charge is 0.497 e. The number of hydrogen-bond acceptors (Lipinski definition) is 3. The molecule has 5 heteroatoms. The van der Waals surface area contributed by atoms with E-state index in [0.717, 1.165) is 25.1 Å². The molecule has 0 radical (unpaired) electrons. The zero-order chi connectivity index (χ0) is 18.5. The Kier molecular flexibility index (Phi) is 6.28. The number of piperidine rings is 1. The van der Waals surface area contributed by atoms with Gasteiger partial charge in [-0.05, 0) is 60.7 Å². The fourth-order valence-electron chi connectivity index (χ4n) is 3.68. The highest BCUT2D eigenvalue weighted by molar-refractivity contribution is 6.30. The first-order valence-corrected chi connectivity index (χ1v) is 9.25. The van der Waals surface area contributed by atoms with Crippen LogP contribution in [0.1, 0.15) is 29.9 Å². The van der Waals surface area contributed by atoms with Crippen molar-refractivity contribution < 1.29 is 13.9 Å². The van der Waals surface area contributed by atoms with Gasteiger partial charge in [-0.3, -0.25) is 4.79 Å². The molecule has 138 valence electrons. The van der Waals surface area contributed by atoms with Gasteiger partial charge in [-0.1, -0.05) is 29.8 Å². The van der Waals surface area contributed by atoms with Crippen molar-refractivity contribution in [1.82, 2.24) is 5.32 Å². The molecule has 2 atom stereocenters. The Morgan fingerprint density at radius 2 is 2.04 bits per heavy atom. The van der Waals surface area contributed by atoms with E-state index >= 15 is 0 Å². The third kappa shape index (κ3) is 4.63. The number of benzene rings is 2. The Morgan fingerprint density at radius 3 is 2.73 bits per heavy atom.